The number of fused-ring (bicyclic) bond motifs is 1. The van der Waals surface area contributed by atoms with Crippen LogP contribution in [0.15, 0.2) is 22.6 Å². The van der Waals surface area contributed by atoms with Gasteiger partial charge in [0.2, 0.25) is 0 Å². The third kappa shape index (κ3) is 4.25. The summed E-state index contributed by atoms with van der Waals surface area (Å²) in [5.41, 5.74) is 1.89. The van der Waals surface area contributed by atoms with Gasteiger partial charge in [0.05, 0.1) is 0 Å². The minimum Gasteiger partial charge on any atom is -0.481 e. The van der Waals surface area contributed by atoms with Gasteiger partial charge in [-0.05, 0) is 57.9 Å². The first-order valence-electron chi connectivity index (χ1n) is 7.49. The Morgan fingerprint density at radius 3 is 2.61 bits per heavy atom. The van der Waals surface area contributed by atoms with Crippen LogP contribution in [0.5, 0.6) is 0 Å². The maximum Gasteiger partial charge on any atom is 0.319 e. The molecule has 0 spiro atoms. The number of furan rings is 1. The molecule has 1 aromatic heterocycles. The Hall–Kier alpha value is -2.50. The summed E-state index contributed by atoms with van der Waals surface area (Å²) < 4.78 is 5.61. The summed E-state index contributed by atoms with van der Waals surface area (Å²) >= 11 is 0. The average molecular weight is 318 g/mol. The van der Waals surface area contributed by atoms with E-state index in [2.05, 4.69) is 10.6 Å². The average Bonchev–Trinajstić information content (AvgIpc) is 2.72. The van der Waals surface area contributed by atoms with Crippen molar-refractivity contribution in [3.05, 3.63) is 29.5 Å². The molecule has 23 heavy (non-hydrogen) atoms. The lowest BCUT2D eigenvalue weighted by atomic mass is 9.99. The Balaban J connectivity index is 2.05. The normalized spacial score (nSPS) is 11.5. The van der Waals surface area contributed by atoms with E-state index in [9.17, 15) is 9.59 Å². The summed E-state index contributed by atoms with van der Waals surface area (Å²) in [4.78, 5) is 22.7. The van der Waals surface area contributed by atoms with Crippen LogP contribution in [0.1, 0.15) is 38.0 Å². The van der Waals surface area contributed by atoms with Crippen molar-refractivity contribution in [2.45, 2.75) is 46.1 Å². The molecule has 0 aliphatic heterocycles. The van der Waals surface area contributed by atoms with E-state index >= 15 is 0 Å². The number of aryl methyl sites for hydroxylation is 2. The van der Waals surface area contributed by atoms with E-state index in [1.807, 2.05) is 26.0 Å². The molecule has 3 N–H and O–H groups in total. The van der Waals surface area contributed by atoms with Gasteiger partial charge in [-0.25, -0.2) is 4.79 Å². The standard InChI is InChI=1S/C17H22N2O4/c1-10-11(2)23-14-6-5-12(9-13(10)14)18-16(22)19-17(3,4)8-7-15(20)21/h5-6,9H,7-8H2,1-4H3,(H,20,21)(H2,18,19,22). The minimum atomic E-state index is -0.878. The number of carboxylic acids is 1. The number of aliphatic carboxylic acids is 1. The zero-order valence-electron chi connectivity index (χ0n) is 13.8. The molecule has 0 unspecified atom stereocenters. The van der Waals surface area contributed by atoms with E-state index in [1.54, 1.807) is 19.9 Å². The highest BCUT2D eigenvalue weighted by atomic mass is 16.4. The van der Waals surface area contributed by atoms with Crippen molar-refractivity contribution < 1.29 is 19.1 Å². The second-order valence-corrected chi connectivity index (χ2v) is 6.35. The van der Waals surface area contributed by atoms with Crippen LogP contribution in [0.4, 0.5) is 10.5 Å². The van der Waals surface area contributed by atoms with Gasteiger partial charge in [-0.2, -0.15) is 0 Å². The largest absolute Gasteiger partial charge is 0.481 e. The van der Waals surface area contributed by atoms with Crippen LogP contribution in [0, 0.1) is 13.8 Å². The molecular weight excluding hydrogens is 296 g/mol. The van der Waals surface area contributed by atoms with E-state index < -0.39 is 11.5 Å². The highest BCUT2D eigenvalue weighted by Gasteiger charge is 2.21. The third-order valence-electron chi connectivity index (χ3n) is 3.85. The number of benzene rings is 1. The van der Waals surface area contributed by atoms with Gasteiger partial charge in [-0.1, -0.05) is 0 Å². The van der Waals surface area contributed by atoms with Crippen molar-refractivity contribution in [3.8, 4) is 0 Å². The number of hydrogen-bond acceptors (Lipinski definition) is 3. The van der Waals surface area contributed by atoms with E-state index in [4.69, 9.17) is 9.52 Å². The number of anilines is 1. The van der Waals surface area contributed by atoms with Gasteiger partial charge in [0, 0.05) is 23.0 Å². The molecule has 0 radical (unpaired) electrons. The Bertz CT molecular complexity index is 746. The number of urea groups is 1. The van der Waals surface area contributed by atoms with Crippen LogP contribution in [-0.4, -0.2) is 22.6 Å². The number of hydrogen-bond donors (Lipinski definition) is 3. The summed E-state index contributed by atoms with van der Waals surface area (Å²) in [5, 5.41) is 15.3. The molecule has 0 saturated heterocycles. The molecule has 124 valence electrons. The van der Waals surface area contributed by atoms with Gasteiger partial charge in [0.1, 0.15) is 11.3 Å². The molecule has 2 amide bonds. The van der Waals surface area contributed by atoms with Crippen LogP contribution >= 0.6 is 0 Å². The molecule has 6 nitrogen and oxygen atoms in total. The third-order valence-corrected chi connectivity index (χ3v) is 3.85. The molecule has 0 bridgehead atoms. The van der Waals surface area contributed by atoms with Crippen molar-refractivity contribution in [1.82, 2.24) is 5.32 Å². The van der Waals surface area contributed by atoms with Gasteiger partial charge >= 0.3 is 12.0 Å². The van der Waals surface area contributed by atoms with Crippen molar-refractivity contribution >= 4 is 28.7 Å². The quantitative estimate of drug-likeness (QED) is 0.781. The smallest absolute Gasteiger partial charge is 0.319 e. The number of carboxylic acid groups (broad SMARTS) is 1. The zero-order chi connectivity index (χ0) is 17.2. The van der Waals surface area contributed by atoms with Crippen molar-refractivity contribution in [1.29, 1.82) is 0 Å². The second kappa shape index (κ2) is 6.32. The monoisotopic (exact) mass is 318 g/mol. The van der Waals surface area contributed by atoms with Gasteiger partial charge in [-0.3, -0.25) is 4.79 Å². The molecule has 6 heteroatoms. The highest BCUT2D eigenvalue weighted by Crippen LogP contribution is 2.27. The first-order valence-corrected chi connectivity index (χ1v) is 7.49. The molecule has 2 aromatic rings. The van der Waals surface area contributed by atoms with Gasteiger partial charge in [-0.15, -0.1) is 0 Å². The molecule has 1 aromatic carbocycles. The molecule has 0 aliphatic rings. The van der Waals surface area contributed by atoms with Gasteiger partial charge in [0.25, 0.3) is 0 Å². The predicted octanol–water partition coefficient (Wildman–Crippen LogP) is 3.81. The summed E-state index contributed by atoms with van der Waals surface area (Å²) in [6, 6.07) is 5.10. The molecular formula is C17H22N2O4. The zero-order valence-corrected chi connectivity index (χ0v) is 13.8. The molecule has 1 heterocycles. The Morgan fingerprint density at radius 1 is 1.26 bits per heavy atom. The van der Waals surface area contributed by atoms with E-state index in [1.165, 1.54) is 0 Å². The lowest BCUT2D eigenvalue weighted by molar-refractivity contribution is -0.137. The topological polar surface area (TPSA) is 91.6 Å². The first-order chi connectivity index (χ1) is 10.7. The van der Waals surface area contributed by atoms with Crippen LogP contribution in [0.3, 0.4) is 0 Å². The van der Waals surface area contributed by atoms with Crippen LogP contribution in [0.2, 0.25) is 0 Å². The van der Waals surface area contributed by atoms with Crippen molar-refractivity contribution in [2.24, 2.45) is 0 Å². The maximum absolute atomic E-state index is 12.1. The van der Waals surface area contributed by atoms with Gasteiger partial charge in [0.15, 0.2) is 0 Å². The van der Waals surface area contributed by atoms with Crippen LogP contribution < -0.4 is 10.6 Å². The molecule has 0 saturated carbocycles. The molecule has 0 fully saturated rings. The number of carbonyl (C=O) groups is 2. The highest BCUT2D eigenvalue weighted by molar-refractivity contribution is 5.93. The number of carbonyl (C=O) groups excluding carboxylic acids is 1. The Morgan fingerprint density at radius 2 is 1.96 bits per heavy atom. The number of nitrogens with one attached hydrogen (secondary N) is 2. The summed E-state index contributed by atoms with van der Waals surface area (Å²) in [5.74, 6) is -0.0204. The Labute approximate surface area is 134 Å². The summed E-state index contributed by atoms with van der Waals surface area (Å²) in [6.07, 6.45) is 0.363. The van der Waals surface area contributed by atoms with E-state index in [-0.39, 0.29) is 12.5 Å². The maximum atomic E-state index is 12.1. The van der Waals surface area contributed by atoms with Gasteiger partial charge < -0.3 is 20.2 Å². The fourth-order valence-electron chi connectivity index (χ4n) is 2.37. The van der Waals surface area contributed by atoms with Crippen molar-refractivity contribution in [2.75, 3.05) is 5.32 Å². The van der Waals surface area contributed by atoms with E-state index in [0.29, 0.717) is 12.1 Å². The fraction of sp³-hybridized carbons (Fsp3) is 0.412. The fourth-order valence-corrected chi connectivity index (χ4v) is 2.37. The summed E-state index contributed by atoms with van der Waals surface area (Å²) in [7, 11) is 0. The lowest BCUT2D eigenvalue weighted by Gasteiger charge is -2.25. The van der Waals surface area contributed by atoms with E-state index in [0.717, 1.165) is 22.3 Å². The van der Waals surface area contributed by atoms with Crippen LogP contribution in [0.25, 0.3) is 11.0 Å². The Kier molecular flexibility index (Phi) is 4.63. The minimum absolute atomic E-state index is 0.00668. The number of rotatable bonds is 5. The lowest BCUT2D eigenvalue weighted by Crippen LogP contribution is -2.45. The second-order valence-electron chi connectivity index (χ2n) is 6.35. The summed E-state index contributed by atoms with van der Waals surface area (Å²) in [6.45, 7) is 7.46. The predicted molar refractivity (Wildman–Crippen MR) is 88.8 cm³/mol. The first kappa shape index (κ1) is 16.9. The number of amides is 2. The molecule has 2 rings (SSSR count). The van der Waals surface area contributed by atoms with Crippen molar-refractivity contribution in [3.63, 3.8) is 0 Å². The molecule has 0 aliphatic carbocycles. The molecule has 0 atom stereocenters. The van der Waals surface area contributed by atoms with Crippen LogP contribution in [-0.2, 0) is 4.79 Å². The SMILES string of the molecule is Cc1oc2ccc(NC(=O)NC(C)(C)CCC(=O)O)cc2c1C.